The first kappa shape index (κ1) is 23.2. The number of amides is 3. The van der Waals surface area contributed by atoms with Gasteiger partial charge in [0.15, 0.2) is 0 Å². The normalized spacial score (nSPS) is 10.5. The topological polar surface area (TPSA) is 109 Å². The number of ether oxygens (including phenoxy) is 1. The maximum atomic E-state index is 12.7. The third-order valence-electron chi connectivity index (χ3n) is 4.51. The van der Waals surface area contributed by atoms with E-state index in [1.807, 2.05) is 38.1 Å². The van der Waals surface area contributed by atoms with Crippen molar-refractivity contribution in [1.82, 2.24) is 5.43 Å². The van der Waals surface area contributed by atoms with Crippen molar-refractivity contribution in [2.45, 2.75) is 13.8 Å². The van der Waals surface area contributed by atoms with Crippen molar-refractivity contribution >= 4 is 35.3 Å². The lowest BCUT2D eigenvalue weighted by atomic mass is 10.1. The van der Waals surface area contributed by atoms with Crippen LogP contribution in [0.3, 0.4) is 0 Å². The van der Waals surface area contributed by atoms with Crippen molar-refractivity contribution in [3.8, 4) is 5.75 Å². The van der Waals surface area contributed by atoms with Gasteiger partial charge in [-0.1, -0.05) is 42.0 Å². The number of hydrogen-bond donors (Lipinski definition) is 3. The minimum atomic E-state index is -0.958. The molecule has 3 aromatic rings. The molecule has 0 aromatic heterocycles. The molecule has 0 fully saturated rings. The summed E-state index contributed by atoms with van der Waals surface area (Å²) < 4.78 is 5.39. The number of nitrogens with one attached hydrogen (secondary N) is 3. The molecule has 0 radical (unpaired) electrons. The number of aryl methyl sites for hydroxylation is 1. The van der Waals surface area contributed by atoms with Crippen LogP contribution in [0.4, 0.5) is 11.4 Å². The van der Waals surface area contributed by atoms with E-state index in [4.69, 9.17) is 4.74 Å². The molecule has 0 heterocycles. The Bertz CT molecular complexity index is 1160. The van der Waals surface area contributed by atoms with Gasteiger partial charge in [-0.3, -0.25) is 14.4 Å². The monoisotopic (exact) mass is 444 g/mol. The first-order valence-corrected chi connectivity index (χ1v) is 10.3. The lowest BCUT2D eigenvalue weighted by Gasteiger charge is -2.11. The van der Waals surface area contributed by atoms with Crippen LogP contribution in [0.25, 0.3) is 0 Å². The van der Waals surface area contributed by atoms with Crippen LogP contribution in [0.5, 0.6) is 5.75 Å². The Hall–Kier alpha value is -4.46. The summed E-state index contributed by atoms with van der Waals surface area (Å²) in [6, 6.07) is 20.8. The standard InChI is InChI=1S/C25H24N4O4/c1-3-33-20-14-12-19(13-15-20)27-23(30)21-6-4-5-7-22(21)28-24(31)25(32)29-26-16-18-10-8-17(2)9-11-18/h4-16H,3H2,1-2H3,(H,27,30)(H,28,31)(H,29,32). The smallest absolute Gasteiger partial charge is 0.329 e. The Morgan fingerprint density at radius 1 is 0.879 bits per heavy atom. The number of carbonyl (C=O) groups excluding carboxylic acids is 3. The summed E-state index contributed by atoms with van der Waals surface area (Å²) in [6.07, 6.45) is 1.43. The third-order valence-corrected chi connectivity index (χ3v) is 4.51. The highest BCUT2D eigenvalue weighted by Crippen LogP contribution is 2.19. The second kappa shape index (κ2) is 11.2. The molecule has 0 aliphatic carbocycles. The van der Waals surface area contributed by atoms with Crippen LogP contribution in [-0.2, 0) is 9.59 Å². The number of hydrazone groups is 1. The van der Waals surface area contributed by atoms with E-state index in [1.54, 1.807) is 42.5 Å². The van der Waals surface area contributed by atoms with Crippen LogP contribution in [0.2, 0.25) is 0 Å². The number of hydrogen-bond acceptors (Lipinski definition) is 5. The molecule has 33 heavy (non-hydrogen) atoms. The molecule has 0 atom stereocenters. The highest BCUT2D eigenvalue weighted by Gasteiger charge is 2.17. The predicted molar refractivity (Wildman–Crippen MR) is 128 cm³/mol. The molecule has 8 heteroatoms. The van der Waals surface area contributed by atoms with Gasteiger partial charge < -0.3 is 15.4 Å². The van der Waals surface area contributed by atoms with Gasteiger partial charge in [0.05, 0.1) is 24.1 Å². The van der Waals surface area contributed by atoms with Gasteiger partial charge in [-0.2, -0.15) is 5.10 Å². The minimum absolute atomic E-state index is 0.198. The zero-order chi connectivity index (χ0) is 23.6. The van der Waals surface area contributed by atoms with Crippen molar-refractivity contribution in [1.29, 1.82) is 0 Å². The zero-order valence-electron chi connectivity index (χ0n) is 18.3. The van der Waals surface area contributed by atoms with Crippen molar-refractivity contribution in [2.24, 2.45) is 5.10 Å². The number of nitrogens with zero attached hydrogens (tertiary/aromatic N) is 1. The lowest BCUT2D eigenvalue weighted by molar-refractivity contribution is -0.136. The molecule has 0 spiro atoms. The lowest BCUT2D eigenvalue weighted by Crippen LogP contribution is -2.33. The summed E-state index contributed by atoms with van der Waals surface area (Å²) in [7, 11) is 0. The summed E-state index contributed by atoms with van der Waals surface area (Å²) in [5.41, 5.74) is 5.01. The highest BCUT2D eigenvalue weighted by atomic mass is 16.5. The van der Waals surface area contributed by atoms with E-state index in [9.17, 15) is 14.4 Å². The number of anilines is 2. The number of carbonyl (C=O) groups is 3. The largest absolute Gasteiger partial charge is 0.494 e. The summed E-state index contributed by atoms with van der Waals surface area (Å²) in [5, 5.41) is 9.00. The Morgan fingerprint density at radius 3 is 2.27 bits per heavy atom. The van der Waals surface area contributed by atoms with E-state index in [1.165, 1.54) is 12.3 Å². The molecular weight excluding hydrogens is 420 g/mol. The second-order valence-electron chi connectivity index (χ2n) is 7.02. The summed E-state index contributed by atoms with van der Waals surface area (Å²) >= 11 is 0. The van der Waals surface area contributed by atoms with Crippen LogP contribution in [0.1, 0.15) is 28.4 Å². The molecule has 0 bridgehead atoms. The van der Waals surface area contributed by atoms with E-state index in [0.29, 0.717) is 18.0 Å². The van der Waals surface area contributed by atoms with Gasteiger partial charge in [0.2, 0.25) is 0 Å². The Morgan fingerprint density at radius 2 is 1.58 bits per heavy atom. The molecule has 0 saturated heterocycles. The first-order valence-electron chi connectivity index (χ1n) is 10.3. The van der Waals surface area contributed by atoms with Crippen molar-refractivity contribution in [3.05, 3.63) is 89.5 Å². The van der Waals surface area contributed by atoms with E-state index < -0.39 is 17.7 Å². The number of benzene rings is 3. The van der Waals surface area contributed by atoms with E-state index >= 15 is 0 Å². The maximum Gasteiger partial charge on any atom is 0.329 e. The van der Waals surface area contributed by atoms with Crippen LogP contribution >= 0.6 is 0 Å². The predicted octanol–water partition coefficient (Wildman–Crippen LogP) is 3.73. The molecule has 0 aliphatic rings. The fraction of sp³-hybridized carbons (Fsp3) is 0.120. The van der Waals surface area contributed by atoms with Crippen LogP contribution < -0.4 is 20.8 Å². The molecule has 0 unspecified atom stereocenters. The molecule has 8 nitrogen and oxygen atoms in total. The van der Waals surface area contributed by atoms with Crippen molar-refractivity contribution in [2.75, 3.05) is 17.2 Å². The zero-order valence-corrected chi connectivity index (χ0v) is 18.3. The molecule has 0 aliphatic heterocycles. The summed E-state index contributed by atoms with van der Waals surface area (Å²) in [6.45, 7) is 4.39. The fourth-order valence-corrected chi connectivity index (χ4v) is 2.84. The van der Waals surface area contributed by atoms with Crippen molar-refractivity contribution < 1.29 is 19.1 Å². The molecule has 0 saturated carbocycles. The minimum Gasteiger partial charge on any atom is -0.494 e. The van der Waals surface area contributed by atoms with Crippen molar-refractivity contribution in [3.63, 3.8) is 0 Å². The average Bonchev–Trinajstić information content (AvgIpc) is 2.82. The van der Waals surface area contributed by atoms with Crippen LogP contribution in [0.15, 0.2) is 77.9 Å². The average molecular weight is 444 g/mol. The second-order valence-corrected chi connectivity index (χ2v) is 7.02. The molecule has 168 valence electrons. The molecule has 3 N–H and O–H groups in total. The third kappa shape index (κ3) is 6.76. The summed E-state index contributed by atoms with van der Waals surface area (Å²) in [5.74, 6) is -1.65. The van der Waals surface area contributed by atoms with Gasteiger partial charge in [0.25, 0.3) is 5.91 Å². The van der Waals surface area contributed by atoms with Gasteiger partial charge in [-0.05, 0) is 55.8 Å². The van der Waals surface area contributed by atoms with Gasteiger partial charge in [-0.15, -0.1) is 0 Å². The highest BCUT2D eigenvalue weighted by molar-refractivity contribution is 6.40. The van der Waals surface area contributed by atoms with Crippen LogP contribution in [-0.4, -0.2) is 30.5 Å². The fourth-order valence-electron chi connectivity index (χ4n) is 2.84. The molecule has 3 amide bonds. The molecule has 3 aromatic carbocycles. The van der Waals surface area contributed by atoms with E-state index in [2.05, 4.69) is 21.2 Å². The van der Waals surface area contributed by atoms with Gasteiger partial charge in [0, 0.05) is 5.69 Å². The number of para-hydroxylation sites is 1. The number of rotatable bonds is 7. The van der Waals surface area contributed by atoms with Crippen LogP contribution in [0, 0.1) is 6.92 Å². The quantitative estimate of drug-likeness (QED) is 0.293. The van der Waals surface area contributed by atoms with Gasteiger partial charge in [-0.25, -0.2) is 5.43 Å². The maximum absolute atomic E-state index is 12.7. The summed E-state index contributed by atoms with van der Waals surface area (Å²) in [4.78, 5) is 37.1. The van der Waals surface area contributed by atoms with E-state index in [0.717, 1.165) is 11.1 Å². The van der Waals surface area contributed by atoms with Gasteiger partial charge in [0.1, 0.15) is 5.75 Å². The Balaban J connectivity index is 1.61. The first-order chi connectivity index (χ1) is 16.0. The SMILES string of the molecule is CCOc1ccc(NC(=O)c2ccccc2NC(=O)C(=O)NN=Cc2ccc(C)cc2)cc1. The molecular formula is C25H24N4O4. The van der Waals surface area contributed by atoms with Gasteiger partial charge >= 0.3 is 11.8 Å². The van der Waals surface area contributed by atoms with E-state index in [-0.39, 0.29) is 11.3 Å². The molecule has 3 rings (SSSR count). The Kier molecular flexibility index (Phi) is 7.91. The Labute approximate surface area is 191 Å².